The second-order valence-electron chi connectivity index (χ2n) is 9.15. The highest BCUT2D eigenvalue weighted by atomic mass is 32.2. The highest BCUT2D eigenvalue weighted by molar-refractivity contribution is 7.92. The van der Waals surface area contributed by atoms with Crippen LogP contribution in [-0.2, 0) is 10.0 Å². The lowest BCUT2D eigenvalue weighted by Crippen LogP contribution is -2.30. The monoisotopic (exact) mass is 495 g/mol. The fourth-order valence-corrected chi connectivity index (χ4v) is 6.19. The summed E-state index contributed by atoms with van der Waals surface area (Å²) >= 11 is 5.86. The van der Waals surface area contributed by atoms with Gasteiger partial charge >= 0.3 is 0 Å². The zero-order chi connectivity index (χ0) is 23.9. The topological polar surface area (TPSA) is 79.3 Å². The van der Waals surface area contributed by atoms with Crippen LogP contribution in [0.2, 0.25) is 0 Å². The third kappa shape index (κ3) is 4.42. The maximum Gasteiger partial charge on any atom is 0.229 e. The van der Waals surface area contributed by atoms with Gasteiger partial charge < -0.3 is 14.8 Å². The fourth-order valence-electron chi connectivity index (χ4n) is 5.22. The summed E-state index contributed by atoms with van der Waals surface area (Å²) in [6.07, 6.45) is 10.0. The van der Waals surface area contributed by atoms with Crippen LogP contribution in [0.3, 0.4) is 0 Å². The molecule has 2 atom stereocenters. The molecule has 2 aliphatic rings. The summed E-state index contributed by atoms with van der Waals surface area (Å²) < 4.78 is 28.5. The van der Waals surface area contributed by atoms with Gasteiger partial charge in [0.25, 0.3) is 0 Å². The quantitative estimate of drug-likeness (QED) is 0.476. The lowest BCUT2D eigenvalue weighted by molar-refractivity contribution is 0.461. The van der Waals surface area contributed by atoms with Crippen molar-refractivity contribution in [3.63, 3.8) is 0 Å². The van der Waals surface area contributed by atoms with Gasteiger partial charge in [-0.15, -0.1) is 0 Å². The first-order valence-electron chi connectivity index (χ1n) is 11.6. The van der Waals surface area contributed by atoms with Gasteiger partial charge in [-0.2, -0.15) is 0 Å². The van der Waals surface area contributed by atoms with Gasteiger partial charge in [0, 0.05) is 29.8 Å². The molecule has 0 amide bonds. The summed E-state index contributed by atoms with van der Waals surface area (Å²) in [7, 11) is -3.36. The van der Waals surface area contributed by atoms with E-state index in [1.165, 1.54) is 31.4 Å². The van der Waals surface area contributed by atoms with Crippen LogP contribution < -0.4 is 14.9 Å². The fraction of sp³-hybridized carbons (Fsp3) is 0.360. The molecular formula is C25H29N5O2S2. The SMILES string of the molecule is Cc1cc(N2C(=S)N[C@H](c3ccccn3)[C@H]2c2cccn2C2CCCC2)ccc1NS(C)(=O)=O. The van der Waals surface area contributed by atoms with Gasteiger partial charge in [-0.25, -0.2) is 8.42 Å². The first-order chi connectivity index (χ1) is 16.3. The molecule has 9 heteroatoms. The Morgan fingerprint density at radius 2 is 1.91 bits per heavy atom. The number of nitrogens with one attached hydrogen (secondary N) is 2. The lowest BCUT2D eigenvalue weighted by atomic mass is 10.00. The number of benzene rings is 1. The molecule has 0 radical (unpaired) electrons. The number of rotatable bonds is 6. The van der Waals surface area contributed by atoms with Gasteiger partial charge in [-0.1, -0.05) is 18.9 Å². The molecule has 0 spiro atoms. The van der Waals surface area contributed by atoms with E-state index >= 15 is 0 Å². The largest absolute Gasteiger partial charge is 0.351 e. The van der Waals surface area contributed by atoms with Crippen molar-refractivity contribution in [1.29, 1.82) is 0 Å². The Bertz CT molecular complexity index is 1300. The van der Waals surface area contributed by atoms with Crippen molar-refractivity contribution in [2.75, 3.05) is 15.9 Å². The zero-order valence-electron chi connectivity index (χ0n) is 19.3. The van der Waals surface area contributed by atoms with Crippen LogP contribution in [-0.4, -0.2) is 29.3 Å². The summed E-state index contributed by atoms with van der Waals surface area (Å²) in [6, 6.07) is 16.3. The molecular weight excluding hydrogens is 466 g/mol. The number of aromatic nitrogens is 2. The smallest absolute Gasteiger partial charge is 0.229 e. The predicted octanol–water partition coefficient (Wildman–Crippen LogP) is 4.86. The Balaban J connectivity index is 1.59. The standard InChI is InChI=1S/C25H29N5O2S2/c1-17-16-19(12-13-20(17)28-34(2,31)32)30-24(22-11-7-15-29(22)18-8-3-4-9-18)23(27-25(30)33)21-10-5-6-14-26-21/h5-7,10-16,18,23-24,28H,3-4,8-9H2,1-2H3,(H,27,33)/t23-,24-/m1/s1. The predicted molar refractivity (Wildman–Crippen MR) is 140 cm³/mol. The van der Waals surface area contributed by atoms with E-state index in [1.54, 1.807) is 6.07 Å². The van der Waals surface area contributed by atoms with E-state index in [9.17, 15) is 8.42 Å². The summed E-state index contributed by atoms with van der Waals surface area (Å²) in [5, 5.41) is 4.15. The van der Waals surface area contributed by atoms with Crippen molar-refractivity contribution in [3.8, 4) is 0 Å². The summed E-state index contributed by atoms with van der Waals surface area (Å²) in [4.78, 5) is 6.79. The zero-order valence-corrected chi connectivity index (χ0v) is 20.9. The van der Waals surface area contributed by atoms with Gasteiger partial charge in [0.05, 0.1) is 23.7 Å². The second kappa shape index (κ2) is 9.03. The summed E-state index contributed by atoms with van der Waals surface area (Å²) in [6.45, 7) is 1.90. The molecule has 1 saturated carbocycles. The average Bonchev–Trinajstić information content (AvgIpc) is 3.54. The van der Waals surface area contributed by atoms with Gasteiger partial charge in [-0.05, 0) is 80.0 Å². The Morgan fingerprint density at radius 3 is 2.59 bits per heavy atom. The molecule has 5 rings (SSSR count). The normalized spacial score (nSPS) is 21.1. The Morgan fingerprint density at radius 1 is 1.12 bits per heavy atom. The molecule has 1 aliphatic carbocycles. The minimum atomic E-state index is -3.36. The van der Waals surface area contributed by atoms with Crippen LogP contribution in [0.15, 0.2) is 60.9 Å². The molecule has 3 aromatic rings. The number of nitrogens with zero attached hydrogens (tertiary/aromatic N) is 3. The minimum absolute atomic E-state index is 0.0916. The minimum Gasteiger partial charge on any atom is -0.351 e. The summed E-state index contributed by atoms with van der Waals surface area (Å²) in [5.74, 6) is 0. The van der Waals surface area contributed by atoms with E-state index in [0.29, 0.717) is 16.8 Å². The van der Waals surface area contributed by atoms with Gasteiger partial charge in [-0.3, -0.25) is 9.71 Å². The number of pyridine rings is 1. The molecule has 1 aromatic carbocycles. The van der Waals surface area contributed by atoms with Gasteiger partial charge in [0.1, 0.15) is 6.04 Å². The molecule has 0 unspecified atom stereocenters. The molecule has 7 nitrogen and oxygen atoms in total. The number of aryl methyl sites for hydroxylation is 1. The molecule has 1 aliphatic heterocycles. The van der Waals surface area contributed by atoms with Crippen molar-refractivity contribution in [2.45, 2.75) is 50.7 Å². The van der Waals surface area contributed by atoms with Gasteiger partial charge in [0.2, 0.25) is 10.0 Å². The average molecular weight is 496 g/mol. The molecule has 3 heterocycles. The maximum absolute atomic E-state index is 11.8. The van der Waals surface area contributed by atoms with Crippen LogP contribution in [0, 0.1) is 6.92 Å². The van der Waals surface area contributed by atoms with Crippen molar-refractivity contribution in [2.24, 2.45) is 0 Å². The maximum atomic E-state index is 11.8. The highest BCUT2D eigenvalue weighted by Gasteiger charge is 2.42. The number of sulfonamides is 1. The summed E-state index contributed by atoms with van der Waals surface area (Å²) in [5.41, 5.74) is 4.44. The van der Waals surface area contributed by atoms with E-state index in [2.05, 4.69) is 42.8 Å². The molecule has 178 valence electrons. The van der Waals surface area contributed by atoms with E-state index in [4.69, 9.17) is 12.2 Å². The van der Waals surface area contributed by atoms with Crippen molar-refractivity contribution in [1.82, 2.24) is 14.9 Å². The molecule has 2 fully saturated rings. The molecule has 34 heavy (non-hydrogen) atoms. The Kier molecular flexibility index (Phi) is 6.07. The van der Waals surface area contributed by atoms with Crippen molar-refractivity contribution >= 4 is 38.7 Å². The third-order valence-electron chi connectivity index (χ3n) is 6.71. The highest BCUT2D eigenvalue weighted by Crippen LogP contribution is 2.44. The van der Waals surface area contributed by atoms with Crippen LogP contribution in [0.4, 0.5) is 11.4 Å². The van der Waals surface area contributed by atoms with Crippen LogP contribution >= 0.6 is 12.2 Å². The van der Waals surface area contributed by atoms with E-state index < -0.39 is 10.0 Å². The van der Waals surface area contributed by atoms with E-state index in [-0.39, 0.29) is 12.1 Å². The molecule has 1 saturated heterocycles. The van der Waals surface area contributed by atoms with Crippen molar-refractivity contribution in [3.05, 3.63) is 77.9 Å². The first-order valence-corrected chi connectivity index (χ1v) is 13.9. The van der Waals surface area contributed by atoms with Crippen LogP contribution in [0.5, 0.6) is 0 Å². The van der Waals surface area contributed by atoms with E-state index in [0.717, 1.165) is 23.2 Å². The number of hydrogen-bond donors (Lipinski definition) is 2. The molecule has 2 N–H and O–H groups in total. The molecule has 2 aromatic heterocycles. The lowest BCUT2D eigenvalue weighted by Gasteiger charge is -2.30. The van der Waals surface area contributed by atoms with Crippen LogP contribution in [0.25, 0.3) is 0 Å². The Labute approximate surface area is 206 Å². The number of anilines is 2. The van der Waals surface area contributed by atoms with E-state index in [1.807, 2.05) is 43.5 Å². The van der Waals surface area contributed by atoms with Crippen LogP contribution in [0.1, 0.15) is 60.8 Å². The first kappa shape index (κ1) is 22.9. The second-order valence-corrected chi connectivity index (χ2v) is 11.3. The number of hydrogen-bond acceptors (Lipinski definition) is 4. The molecule has 0 bridgehead atoms. The van der Waals surface area contributed by atoms with Crippen molar-refractivity contribution < 1.29 is 8.42 Å². The third-order valence-corrected chi connectivity index (χ3v) is 7.62. The number of thiocarbonyl (C=S) groups is 1. The van der Waals surface area contributed by atoms with Gasteiger partial charge in [0.15, 0.2) is 5.11 Å². The Hall–Kier alpha value is -2.91.